The van der Waals surface area contributed by atoms with E-state index in [2.05, 4.69) is 15.5 Å². The standard InChI is InChI=1S/C17H16N4O2/c1-2-21-14-9-5-4-8-13(14)19-16(21)11-18-20-17(23)12-7-3-6-10-15(12)22/h3-11,22H,2H2,1H3,(H,20,23)/b18-11+. The van der Waals surface area contributed by atoms with Gasteiger partial charge in [0.2, 0.25) is 0 Å². The summed E-state index contributed by atoms with van der Waals surface area (Å²) in [6.45, 7) is 2.77. The Labute approximate surface area is 133 Å². The van der Waals surface area contributed by atoms with E-state index in [1.54, 1.807) is 12.1 Å². The first-order chi connectivity index (χ1) is 11.2. The first-order valence-electron chi connectivity index (χ1n) is 7.27. The number of carbonyl (C=O) groups excluding carboxylic acids is 1. The fraction of sp³-hybridized carbons (Fsp3) is 0.118. The first-order valence-corrected chi connectivity index (χ1v) is 7.27. The second-order valence-corrected chi connectivity index (χ2v) is 4.92. The molecule has 0 saturated heterocycles. The van der Waals surface area contributed by atoms with E-state index in [0.717, 1.165) is 17.6 Å². The van der Waals surface area contributed by atoms with Gasteiger partial charge in [-0.25, -0.2) is 10.4 Å². The van der Waals surface area contributed by atoms with E-state index >= 15 is 0 Å². The van der Waals surface area contributed by atoms with Crippen LogP contribution >= 0.6 is 0 Å². The van der Waals surface area contributed by atoms with Crippen LogP contribution in [0.2, 0.25) is 0 Å². The third kappa shape index (κ3) is 2.91. The maximum absolute atomic E-state index is 12.0. The molecule has 0 saturated carbocycles. The molecule has 2 N–H and O–H groups in total. The van der Waals surface area contributed by atoms with Gasteiger partial charge in [-0.2, -0.15) is 5.10 Å². The molecule has 23 heavy (non-hydrogen) atoms. The number of rotatable bonds is 4. The molecule has 6 nitrogen and oxygen atoms in total. The van der Waals surface area contributed by atoms with Gasteiger partial charge in [0.1, 0.15) is 5.75 Å². The fourth-order valence-corrected chi connectivity index (χ4v) is 2.40. The molecule has 1 aromatic heterocycles. The highest BCUT2D eigenvalue weighted by Crippen LogP contribution is 2.16. The molecule has 0 atom stereocenters. The predicted molar refractivity (Wildman–Crippen MR) is 88.6 cm³/mol. The van der Waals surface area contributed by atoms with Crippen molar-refractivity contribution in [1.82, 2.24) is 15.0 Å². The highest BCUT2D eigenvalue weighted by Gasteiger charge is 2.10. The Morgan fingerprint density at radius 1 is 1.26 bits per heavy atom. The Hall–Kier alpha value is -3.15. The highest BCUT2D eigenvalue weighted by atomic mass is 16.3. The van der Waals surface area contributed by atoms with Gasteiger partial charge in [0.15, 0.2) is 5.82 Å². The van der Waals surface area contributed by atoms with Crippen LogP contribution in [0.5, 0.6) is 5.75 Å². The number of aromatic nitrogens is 2. The van der Waals surface area contributed by atoms with E-state index < -0.39 is 5.91 Å². The van der Waals surface area contributed by atoms with E-state index in [1.807, 2.05) is 35.8 Å². The van der Waals surface area contributed by atoms with Gasteiger partial charge in [-0.1, -0.05) is 24.3 Å². The van der Waals surface area contributed by atoms with Gasteiger partial charge in [-0.3, -0.25) is 4.79 Å². The minimum Gasteiger partial charge on any atom is -0.507 e. The SMILES string of the molecule is CCn1c(/C=N/NC(=O)c2ccccc2O)nc2ccccc21. The summed E-state index contributed by atoms with van der Waals surface area (Å²) in [5.41, 5.74) is 4.47. The maximum Gasteiger partial charge on any atom is 0.275 e. The minimum atomic E-state index is -0.474. The number of hydrazone groups is 1. The molecular formula is C17H16N4O2. The lowest BCUT2D eigenvalue weighted by Gasteiger charge is -2.03. The number of carbonyl (C=O) groups is 1. The third-order valence-electron chi connectivity index (χ3n) is 3.50. The van der Waals surface area contributed by atoms with Gasteiger partial charge in [0, 0.05) is 6.54 Å². The van der Waals surface area contributed by atoms with Gasteiger partial charge < -0.3 is 9.67 Å². The number of nitrogens with zero attached hydrogens (tertiary/aromatic N) is 3. The molecule has 116 valence electrons. The van der Waals surface area contributed by atoms with Crippen molar-refractivity contribution in [1.29, 1.82) is 0 Å². The summed E-state index contributed by atoms with van der Waals surface area (Å²) in [4.78, 5) is 16.5. The molecule has 0 aliphatic carbocycles. The molecule has 0 spiro atoms. The molecule has 0 radical (unpaired) electrons. The Balaban J connectivity index is 1.81. The monoisotopic (exact) mass is 308 g/mol. The molecule has 0 unspecified atom stereocenters. The molecule has 3 rings (SSSR count). The van der Waals surface area contributed by atoms with E-state index in [1.165, 1.54) is 18.3 Å². The summed E-state index contributed by atoms with van der Waals surface area (Å²) in [7, 11) is 0. The fourth-order valence-electron chi connectivity index (χ4n) is 2.40. The van der Waals surface area contributed by atoms with Crippen LogP contribution in [0.15, 0.2) is 53.6 Å². The van der Waals surface area contributed by atoms with Crippen LogP contribution in [-0.4, -0.2) is 26.8 Å². The average molecular weight is 308 g/mol. The summed E-state index contributed by atoms with van der Waals surface area (Å²) in [5, 5.41) is 13.6. The molecule has 0 fully saturated rings. The zero-order valence-corrected chi connectivity index (χ0v) is 12.6. The van der Waals surface area contributed by atoms with Crippen LogP contribution < -0.4 is 5.43 Å². The van der Waals surface area contributed by atoms with Gasteiger partial charge in [-0.05, 0) is 31.2 Å². The zero-order valence-electron chi connectivity index (χ0n) is 12.6. The summed E-state index contributed by atoms with van der Waals surface area (Å²) >= 11 is 0. The number of fused-ring (bicyclic) bond motifs is 1. The van der Waals surface area contributed by atoms with Crippen LogP contribution in [0.3, 0.4) is 0 Å². The topological polar surface area (TPSA) is 79.5 Å². The molecule has 0 bridgehead atoms. The lowest BCUT2D eigenvalue weighted by atomic mass is 10.2. The van der Waals surface area contributed by atoms with Crippen molar-refractivity contribution < 1.29 is 9.90 Å². The van der Waals surface area contributed by atoms with Gasteiger partial charge in [0.25, 0.3) is 5.91 Å². The molecule has 6 heteroatoms. The lowest BCUT2D eigenvalue weighted by molar-refractivity contribution is 0.0952. The molecule has 2 aromatic carbocycles. The summed E-state index contributed by atoms with van der Waals surface area (Å²) in [5.74, 6) is 0.103. The van der Waals surface area contributed by atoms with Crippen LogP contribution in [0.1, 0.15) is 23.1 Å². The Bertz CT molecular complexity index is 883. The number of aryl methyl sites for hydroxylation is 1. The van der Waals surface area contributed by atoms with Gasteiger partial charge in [-0.15, -0.1) is 0 Å². The van der Waals surface area contributed by atoms with E-state index in [0.29, 0.717) is 5.82 Å². The van der Waals surface area contributed by atoms with Crippen LogP contribution in [-0.2, 0) is 6.54 Å². The van der Waals surface area contributed by atoms with E-state index in [9.17, 15) is 9.90 Å². The molecule has 3 aromatic rings. The average Bonchev–Trinajstić information content (AvgIpc) is 2.92. The maximum atomic E-state index is 12.0. The normalized spacial score (nSPS) is 11.2. The number of amides is 1. The number of imidazole rings is 1. The second-order valence-electron chi connectivity index (χ2n) is 4.92. The van der Waals surface area contributed by atoms with Crippen LogP contribution in [0, 0.1) is 0 Å². The van der Waals surface area contributed by atoms with Crippen molar-refractivity contribution in [3.8, 4) is 5.75 Å². The van der Waals surface area contributed by atoms with Gasteiger partial charge in [0.05, 0.1) is 22.8 Å². The highest BCUT2D eigenvalue weighted by molar-refractivity contribution is 5.97. The van der Waals surface area contributed by atoms with Crippen molar-refractivity contribution in [2.24, 2.45) is 5.10 Å². The molecule has 0 aliphatic rings. The summed E-state index contributed by atoms with van der Waals surface area (Å²) in [6, 6.07) is 14.1. The van der Waals surface area contributed by atoms with Crippen molar-refractivity contribution in [3.63, 3.8) is 0 Å². The second kappa shape index (κ2) is 6.31. The van der Waals surface area contributed by atoms with Gasteiger partial charge >= 0.3 is 0 Å². The van der Waals surface area contributed by atoms with Crippen molar-refractivity contribution in [3.05, 3.63) is 59.9 Å². The molecule has 0 aliphatic heterocycles. The van der Waals surface area contributed by atoms with Crippen molar-refractivity contribution >= 4 is 23.2 Å². The van der Waals surface area contributed by atoms with Crippen LogP contribution in [0.25, 0.3) is 11.0 Å². The largest absolute Gasteiger partial charge is 0.507 e. The Morgan fingerprint density at radius 3 is 2.78 bits per heavy atom. The third-order valence-corrected chi connectivity index (χ3v) is 3.50. The predicted octanol–water partition coefficient (Wildman–Crippen LogP) is 2.53. The number of hydrogen-bond donors (Lipinski definition) is 2. The number of benzene rings is 2. The molecule has 1 amide bonds. The van der Waals surface area contributed by atoms with Crippen molar-refractivity contribution in [2.75, 3.05) is 0 Å². The smallest absolute Gasteiger partial charge is 0.275 e. The first kappa shape index (κ1) is 14.8. The van der Waals surface area contributed by atoms with E-state index in [-0.39, 0.29) is 11.3 Å². The Morgan fingerprint density at radius 2 is 2.00 bits per heavy atom. The number of nitrogens with one attached hydrogen (secondary N) is 1. The number of para-hydroxylation sites is 3. The zero-order chi connectivity index (χ0) is 16.2. The summed E-state index contributed by atoms with van der Waals surface area (Å²) < 4.78 is 2.00. The molecule has 1 heterocycles. The quantitative estimate of drug-likeness (QED) is 0.574. The number of phenolic OH excluding ortho intramolecular Hbond substituents is 1. The van der Waals surface area contributed by atoms with Crippen LogP contribution in [0.4, 0.5) is 0 Å². The summed E-state index contributed by atoms with van der Waals surface area (Å²) in [6.07, 6.45) is 1.50. The van der Waals surface area contributed by atoms with E-state index in [4.69, 9.17) is 0 Å². The van der Waals surface area contributed by atoms with Crippen molar-refractivity contribution in [2.45, 2.75) is 13.5 Å². The molecular weight excluding hydrogens is 292 g/mol. The number of phenols is 1. The number of aromatic hydroxyl groups is 1. The number of hydrogen-bond acceptors (Lipinski definition) is 4. The lowest BCUT2D eigenvalue weighted by Crippen LogP contribution is -2.18. The Kier molecular flexibility index (Phi) is 4.05. The minimum absolute atomic E-state index is 0.0824.